The number of rotatable bonds is 2. The summed E-state index contributed by atoms with van der Waals surface area (Å²) in [6.45, 7) is 1.68. The summed E-state index contributed by atoms with van der Waals surface area (Å²) in [5.74, 6) is 1.55. The maximum Gasteiger partial charge on any atom is 0.252 e. The molecule has 0 spiro atoms. The van der Waals surface area contributed by atoms with E-state index in [1.54, 1.807) is 6.92 Å². The lowest BCUT2D eigenvalue weighted by Gasteiger charge is -2.07. The number of terminal acetylenes is 1. The zero-order valence-electron chi connectivity index (χ0n) is 7.75. The van der Waals surface area contributed by atoms with Gasteiger partial charge in [0.15, 0.2) is 0 Å². The molecule has 72 valence electrons. The van der Waals surface area contributed by atoms with Gasteiger partial charge in [-0.25, -0.2) is 4.39 Å². The molecule has 1 unspecified atom stereocenters. The second kappa shape index (κ2) is 4.43. The second-order valence-corrected chi connectivity index (χ2v) is 2.87. The van der Waals surface area contributed by atoms with Gasteiger partial charge in [0, 0.05) is 5.56 Å². The second-order valence-electron chi connectivity index (χ2n) is 2.87. The summed E-state index contributed by atoms with van der Waals surface area (Å²) in [6, 6.07) is 5.10. The van der Waals surface area contributed by atoms with E-state index in [1.165, 1.54) is 24.3 Å². The van der Waals surface area contributed by atoms with Crippen LogP contribution in [0.4, 0.5) is 4.39 Å². The first kappa shape index (κ1) is 10.3. The van der Waals surface area contributed by atoms with Crippen molar-refractivity contribution in [2.24, 2.45) is 0 Å². The zero-order valence-corrected chi connectivity index (χ0v) is 7.75. The SMILES string of the molecule is C#CC(C)NC(=O)c1cccc(F)c1. The number of nitrogens with one attached hydrogen (secondary N) is 1. The third-order valence-electron chi connectivity index (χ3n) is 1.68. The molecule has 1 rings (SSSR count). The molecule has 3 heteroatoms. The summed E-state index contributed by atoms with van der Waals surface area (Å²) < 4.78 is 12.7. The van der Waals surface area contributed by atoms with E-state index in [1.807, 2.05) is 0 Å². The van der Waals surface area contributed by atoms with Gasteiger partial charge in [-0.05, 0) is 25.1 Å². The number of halogens is 1. The van der Waals surface area contributed by atoms with E-state index in [9.17, 15) is 9.18 Å². The molecule has 1 N–H and O–H groups in total. The highest BCUT2D eigenvalue weighted by Gasteiger charge is 2.07. The first-order chi connectivity index (χ1) is 6.63. The Morgan fingerprint density at radius 3 is 2.93 bits per heavy atom. The third kappa shape index (κ3) is 2.60. The molecule has 1 amide bonds. The van der Waals surface area contributed by atoms with Crippen molar-refractivity contribution >= 4 is 5.91 Å². The monoisotopic (exact) mass is 191 g/mol. The number of hydrogen-bond donors (Lipinski definition) is 1. The summed E-state index contributed by atoms with van der Waals surface area (Å²) in [5, 5.41) is 2.53. The third-order valence-corrected chi connectivity index (χ3v) is 1.68. The number of amides is 1. The van der Waals surface area contributed by atoms with Crippen molar-refractivity contribution in [2.75, 3.05) is 0 Å². The lowest BCUT2D eigenvalue weighted by atomic mass is 10.2. The van der Waals surface area contributed by atoms with E-state index in [2.05, 4.69) is 11.2 Å². The predicted molar refractivity (Wildman–Crippen MR) is 52.2 cm³/mol. The molecule has 1 atom stereocenters. The molecule has 0 bridgehead atoms. The van der Waals surface area contributed by atoms with Gasteiger partial charge >= 0.3 is 0 Å². The van der Waals surface area contributed by atoms with Gasteiger partial charge < -0.3 is 5.32 Å². The van der Waals surface area contributed by atoms with Crippen LogP contribution in [0.15, 0.2) is 24.3 Å². The van der Waals surface area contributed by atoms with Gasteiger partial charge in [-0.15, -0.1) is 6.42 Å². The van der Waals surface area contributed by atoms with E-state index in [4.69, 9.17) is 6.42 Å². The van der Waals surface area contributed by atoms with Crippen LogP contribution in [0.1, 0.15) is 17.3 Å². The van der Waals surface area contributed by atoms with Crippen LogP contribution < -0.4 is 5.32 Å². The molecule has 0 aliphatic carbocycles. The molecule has 2 nitrogen and oxygen atoms in total. The minimum absolute atomic E-state index is 0.270. The van der Waals surface area contributed by atoms with Crippen molar-refractivity contribution in [3.63, 3.8) is 0 Å². The lowest BCUT2D eigenvalue weighted by molar-refractivity contribution is 0.0947. The Labute approximate surface area is 82.1 Å². The maximum absolute atomic E-state index is 12.7. The van der Waals surface area contributed by atoms with E-state index in [0.29, 0.717) is 0 Å². The first-order valence-corrected chi connectivity index (χ1v) is 4.16. The summed E-state index contributed by atoms with van der Waals surface area (Å²) in [5.41, 5.74) is 0.270. The number of carbonyl (C=O) groups excluding carboxylic acids is 1. The molecule has 0 fully saturated rings. The molecule has 0 saturated heterocycles. The standard InChI is InChI=1S/C11H10FNO/c1-3-8(2)13-11(14)9-5-4-6-10(12)7-9/h1,4-8H,2H3,(H,13,14). The van der Waals surface area contributed by atoms with Crippen LogP contribution >= 0.6 is 0 Å². The first-order valence-electron chi connectivity index (χ1n) is 4.16. The Kier molecular flexibility index (Phi) is 3.24. The van der Waals surface area contributed by atoms with Crippen LogP contribution in [0.3, 0.4) is 0 Å². The largest absolute Gasteiger partial charge is 0.339 e. The summed E-state index contributed by atoms with van der Waals surface area (Å²) >= 11 is 0. The van der Waals surface area contributed by atoms with Gasteiger partial charge in [-0.2, -0.15) is 0 Å². The average molecular weight is 191 g/mol. The lowest BCUT2D eigenvalue weighted by Crippen LogP contribution is -2.31. The Hall–Kier alpha value is -1.82. The van der Waals surface area contributed by atoms with E-state index in [-0.39, 0.29) is 17.5 Å². The highest BCUT2D eigenvalue weighted by Crippen LogP contribution is 2.03. The summed E-state index contributed by atoms with van der Waals surface area (Å²) in [7, 11) is 0. The van der Waals surface area contributed by atoms with Crippen molar-refractivity contribution in [1.29, 1.82) is 0 Å². The summed E-state index contributed by atoms with van der Waals surface area (Å²) in [6.07, 6.45) is 5.09. The topological polar surface area (TPSA) is 29.1 Å². The van der Waals surface area contributed by atoms with Crippen molar-refractivity contribution < 1.29 is 9.18 Å². The Morgan fingerprint density at radius 1 is 1.64 bits per heavy atom. The van der Waals surface area contributed by atoms with E-state index in [0.717, 1.165) is 0 Å². The molecule has 0 aliphatic heterocycles. The predicted octanol–water partition coefficient (Wildman–Crippen LogP) is 1.58. The van der Waals surface area contributed by atoms with Crippen LogP contribution in [0, 0.1) is 18.2 Å². The number of hydrogen-bond acceptors (Lipinski definition) is 1. The Morgan fingerprint density at radius 2 is 2.36 bits per heavy atom. The van der Waals surface area contributed by atoms with Crippen LogP contribution in [-0.2, 0) is 0 Å². The number of benzene rings is 1. The van der Waals surface area contributed by atoms with Gasteiger partial charge in [0.1, 0.15) is 5.82 Å². The smallest absolute Gasteiger partial charge is 0.252 e. The average Bonchev–Trinajstić information content (AvgIpc) is 2.17. The Bertz CT molecular complexity index is 381. The fourth-order valence-electron chi connectivity index (χ4n) is 0.951. The molecular weight excluding hydrogens is 181 g/mol. The van der Waals surface area contributed by atoms with Crippen molar-refractivity contribution in [1.82, 2.24) is 5.32 Å². The highest BCUT2D eigenvalue weighted by atomic mass is 19.1. The van der Waals surface area contributed by atoms with E-state index < -0.39 is 5.82 Å². The van der Waals surface area contributed by atoms with Gasteiger partial charge in [-0.1, -0.05) is 12.0 Å². The highest BCUT2D eigenvalue weighted by molar-refractivity contribution is 5.94. The molecular formula is C11H10FNO. The van der Waals surface area contributed by atoms with Gasteiger partial charge in [0.2, 0.25) is 0 Å². The molecule has 0 saturated carbocycles. The van der Waals surface area contributed by atoms with Crippen molar-refractivity contribution in [3.8, 4) is 12.3 Å². The van der Waals surface area contributed by atoms with Gasteiger partial charge in [-0.3, -0.25) is 4.79 Å². The normalized spacial score (nSPS) is 11.5. The zero-order chi connectivity index (χ0) is 10.6. The van der Waals surface area contributed by atoms with E-state index >= 15 is 0 Å². The number of carbonyl (C=O) groups is 1. The van der Waals surface area contributed by atoms with Crippen molar-refractivity contribution in [3.05, 3.63) is 35.6 Å². The molecule has 1 aromatic rings. The minimum atomic E-state index is -0.439. The maximum atomic E-state index is 12.7. The summed E-state index contributed by atoms with van der Waals surface area (Å²) in [4.78, 5) is 11.4. The molecule has 14 heavy (non-hydrogen) atoms. The molecule has 0 aromatic heterocycles. The van der Waals surface area contributed by atoms with Gasteiger partial charge in [0.25, 0.3) is 5.91 Å². The van der Waals surface area contributed by atoms with Crippen LogP contribution in [0.25, 0.3) is 0 Å². The molecule has 1 aromatic carbocycles. The van der Waals surface area contributed by atoms with Crippen molar-refractivity contribution in [2.45, 2.75) is 13.0 Å². The Balaban J connectivity index is 2.76. The molecule has 0 heterocycles. The van der Waals surface area contributed by atoms with Crippen LogP contribution in [0.5, 0.6) is 0 Å². The van der Waals surface area contributed by atoms with Crippen LogP contribution in [-0.4, -0.2) is 11.9 Å². The fraction of sp³-hybridized carbons (Fsp3) is 0.182. The minimum Gasteiger partial charge on any atom is -0.339 e. The molecule has 0 aliphatic rings. The fourth-order valence-corrected chi connectivity index (χ4v) is 0.951. The molecule has 0 radical (unpaired) electrons. The van der Waals surface area contributed by atoms with Gasteiger partial charge in [0.05, 0.1) is 6.04 Å². The quantitative estimate of drug-likeness (QED) is 0.706. The van der Waals surface area contributed by atoms with Crippen LogP contribution in [0.2, 0.25) is 0 Å².